The van der Waals surface area contributed by atoms with Gasteiger partial charge in [0.05, 0.1) is 7.11 Å². The van der Waals surface area contributed by atoms with Crippen LogP contribution >= 0.6 is 0 Å². The van der Waals surface area contributed by atoms with Crippen molar-refractivity contribution in [1.82, 2.24) is 0 Å². The van der Waals surface area contributed by atoms with Gasteiger partial charge in [0.2, 0.25) is 0 Å². The lowest BCUT2D eigenvalue weighted by Crippen LogP contribution is -2.17. The molecule has 0 heterocycles. The van der Waals surface area contributed by atoms with Crippen molar-refractivity contribution in [2.75, 3.05) is 7.11 Å². The Labute approximate surface area is 170 Å². The highest BCUT2D eigenvalue weighted by Crippen LogP contribution is 2.39. The number of rotatable bonds is 14. The van der Waals surface area contributed by atoms with Gasteiger partial charge in [0.25, 0.3) is 0 Å². The van der Waals surface area contributed by atoms with E-state index in [4.69, 9.17) is 9.47 Å². The van der Waals surface area contributed by atoms with Crippen LogP contribution in [-0.4, -0.2) is 30.9 Å². The zero-order valence-electron chi connectivity index (χ0n) is 18.3. The quantitative estimate of drug-likeness (QED) is 0.375. The van der Waals surface area contributed by atoms with Crippen LogP contribution < -0.4 is 0 Å². The molecule has 0 bridgehead atoms. The number of carbonyl (C=O) groups is 3. The van der Waals surface area contributed by atoms with E-state index in [2.05, 4.69) is 13.8 Å². The van der Waals surface area contributed by atoms with Crippen molar-refractivity contribution in [3.05, 3.63) is 0 Å². The van der Waals surface area contributed by atoms with Crippen LogP contribution in [0, 0.1) is 17.8 Å². The van der Waals surface area contributed by atoms with E-state index in [1.807, 2.05) is 0 Å². The van der Waals surface area contributed by atoms with Gasteiger partial charge in [-0.05, 0) is 62.7 Å². The molecular formula is C23H40O5. The number of hydrogen-bond acceptors (Lipinski definition) is 5. The highest BCUT2D eigenvalue weighted by Gasteiger charge is 2.30. The molecule has 0 aromatic heterocycles. The fourth-order valence-corrected chi connectivity index (χ4v) is 4.38. The molecule has 1 aliphatic carbocycles. The zero-order valence-corrected chi connectivity index (χ0v) is 18.3. The topological polar surface area (TPSA) is 69.7 Å². The number of ketones is 1. The molecule has 0 radical (unpaired) electrons. The first-order valence-corrected chi connectivity index (χ1v) is 11.1. The predicted molar refractivity (Wildman–Crippen MR) is 110 cm³/mol. The lowest BCUT2D eigenvalue weighted by Gasteiger charge is -2.19. The third-order valence-electron chi connectivity index (χ3n) is 6.13. The summed E-state index contributed by atoms with van der Waals surface area (Å²) in [5.41, 5.74) is 0. The van der Waals surface area contributed by atoms with Gasteiger partial charge in [-0.1, -0.05) is 26.7 Å². The Morgan fingerprint density at radius 2 is 1.75 bits per heavy atom. The Balaban J connectivity index is 2.26. The van der Waals surface area contributed by atoms with Crippen LogP contribution in [0.25, 0.3) is 0 Å². The van der Waals surface area contributed by atoms with Crippen molar-refractivity contribution in [1.29, 1.82) is 0 Å². The van der Waals surface area contributed by atoms with Crippen LogP contribution in [-0.2, 0) is 23.9 Å². The van der Waals surface area contributed by atoms with Crippen LogP contribution in [0.1, 0.15) is 97.8 Å². The number of esters is 2. The summed E-state index contributed by atoms with van der Waals surface area (Å²) in [5, 5.41) is 0. The van der Waals surface area contributed by atoms with E-state index >= 15 is 0 Å². The van der Waals surface area contributed by atoms with Gasteiger partial charge in [0, 0.05) is 26.2 Å². The van der Waals surface area contributed by atoms with Crippen molar-refractivity contribution in [3.63, 3.8) is 0 Å². The van der Waals surface area contributed by atoms with E-state index in [0.29, 0.717) is 42.8 Å². The zero-order chi connectivity index (χ0) is 20.9. The number of carbonyl (C=O) groups excluding carboxylic acids is 3. The van der Waals surface area contributed by atoms with Gasteiger partial charge in [0.15, 0.2) is 0 Å². The number of methoxy groups -OCH3 is 1. The smallest absolute Gasteiger partial charge is 0.305 e. The first kappa shape index (κ1) is 24.6. The molecule has 0 spiro atoms. The monoisotopic (exact) mass is 396 g/mol. The number of ether oxygens (including phenoxy) is 2. The summed E-state index contributed by atoms with van der Waals surface area (Å²) in [4.78, 5) is 34.9. The summed E-state index contributed by atoms with van der Waals surface area (Å²) >= 11 is 0. The van der Waals surface area contributed by atoms with Crippen LogP contribution in [0.15, 0.2) is 0 Å². The molecule has 0 aromatic rings. The molecule has 1 fully saturated rings. The maximum Gasteiger partial charge on any atom is 0.305 e. The van der Waals surface area contributed by atoms with E-state index in [1.165, 1.54) is 14.0 Å². The van der Waals surface area contributed by atoms with Gasteiger partial charge in [0.1, 0.15) is 11.9 Å². The van der Waals surface area contributed by atoms with Crippen LogP contribution in [0.3, 0.4) is 0 Å². The highest BCUT2D eigenvalue weighted by molar-refractivity contribution is 5.78. The third kappa shape index (κ3) is 10.2. The first-order chi connectivity index (χ1) is 13.3. The molecule has 1 aliphatic rings. The van der Waals surface area contributed by atoms with E-state index in [0.717, 1.165) is 57.8 Å². The molecule has 0 saturated heterocycles. The highest BCUT2D eigenvalue weighted by atomic mass is 16.5. The minimum absolute atomic E-state index is 0.0447. The van der Waals surface area contributed by atoms with Crippen LogP contribution in [0.5, 0.6) is 0 Å². The molecule has 0 aliphatic heterocycles. The Morgan fingerprint density at radius 3 is 2.39 bits per heavy atom. The number of Topliss-reactive ketones (excluding diaryl/α,β-unsaturated/α-hetero) is 1. The first-order valence-electron chi connectivity index (χ1n) is 11.1. The molecule has 5 nitrogen and oxygen atoms in total. The summed E-state index contributed by atoms with van der Waals surface area (Å²) < 4.78 is 10.1. The van der Waals surface area contributed by atoms with E-state index in [9.17, 15) is 14.4 Å². The van der Waals surface area contributed by atoms with Gasteiger partial charge in [-0.2, -0.15) is 0 Å². The summed E-state index contributed by atoms with van der Waals surface area (Å²) in [7, 11) is 1.43. The molecule has 4 atom stereocenters. The molecule has 0 aromatic carbocycles. The minimum atomic E-state index is -0.231. The Morgan fingerprint density at radius 1 is 1.04 bits per heavy atom. The molecule has 162 valence electrons. The van der Waals surface area contributed by atoms with Gasteiger partial charge in [-0.3, -0.25) is 14.4 Å². The van der Waals surface area contributed by atoms with Crippen molar-refractivity contribution in [2.24, 2.45) is 17.8 Å². The fraction of sp³-hybridized carbons (Fsp3) is 0.870. The largest absolute Gasteiger partial charge is 0.469 e. The Hall–Kier alpha value is -1.39. The second-order valence-electron chi connectivity index (χ2n) is 8.54. The number of unbranched alkanes of at least 4 members (excludes halogenated alkanes) is 1. The minimum Gasteiger partial charge on any atom is -0.469 e. The van der Waals surface area contributed by atoms with Crippen molar-refractivity contribution in [3.8, 4) is 0 Å². The molecule has 0 amide bonds. The average Bonchev–Trinajstić information content (AvgIpc) is 3.11. The number of hydrogen-bond donors (Lipinski definition) is 0. The lowest BCUT2D eigenvalue weighted by molar-refractivity contribution is -0.147. The van der Waals surface area contributed by atoms with Gasteiger partial charge in [-0.25, -0.2) is 0 Å². The fourth-order valence-electron chi connectivity index (χ4n) is 4.38. The molecule has 28 heavy (non-hydrogen) atoms. The van der Waals surface area contributed by atoms with Crippen LogP contribution in [0.2, 0.25) is 0 Å². The van der Waals surface area contributed by atoms with Crippen molar-refractivity contribution >= 4 is 17.7 Å². The average molecular weight is 397 g/mol. The third-order valence-corrected chi connectivity index (χ3v) is 6.13. The maximum absolute atomic E-state index is 12.4. The van der Waals surface area contributed by atoms with Gasteiger partial charge >= 0.3 is 11.9 Å². The molecule has 0 unspecified atom stereocenters. The maximum atomic E-state index is 12.4. The molecule has 1 rings (SSSR count). The summed E-state index contributed by atoms with van der Waals surface area (Å²) in [5.74, 6) is 1.58. The normalized spacial score (nSPS) is 21.1. The van der Waals surface area contributed by atoms with Crippen molar-refractivity contribution < 1.29 is 23.9 Å². The van der Waals surface area contributed by atoms with E-state index < -0.39 is 0 Å². The molecule has 5 heteroatoms. The summed E-state index contributed by atoms with van der Waals surface area (Å²) in [6.45, 7) is 5.79. The van der Waals surface area contributed by atoms with E-state index in [1.54, 1.807) is 0 Å². The molecule has 0 N–H and O–H groups in total. The van der Waals surface area contributed by atoms with E-state index in [-0.39, 0.29) is 18.0 Å². The second-order valence-corrected chi connectivity index (χ2v) is 8.54. The Kier molecular flexibility index (Phi) is 12.1. The predicted octanol–water partition coefficient (Wildman–Crippen LogP) is 5.24. The lowest BCUT2D eigenvalue weighted by atomic mass is 9.87. The van der Waals surface area contributed by atoms with Gasteiger partial charge in [-0.15, -0.1) is 0 Å². The second kappa shape index (κ2) is 13.7. The van der Waals surface area contributed by atoms with Crippen LogP contribution in [0.4, 0.5) is 0 Å². The van der Waals surface area contributed by atoms with Crippen molar-refractivity contribution in [2.45, 2.75) is 104 Å². The SMILES string of the molecule is CCCC[C@H](CCCC(=O)C[C@@H]1CC[C@H]([C@H](C)CCC(=O)OC)C1)OC(C)=O. The van der Waals surface area contributed by atoms with Gasteiger partial charge < -0.3 is 9.47 Å². The standard InChI is InChI=1S/C23H40O5/c1-5-6-9-22(28-18(3)24)10-7-8-21(25)16-19-12-13-20(15-19)17(2)11-14-23(26)27-4/h17,19-20,22H,5-16H2,1-4H3/t17-,19-,20+,22-/m1/s1. The summed E-state index contributed by atoms with van der Waals surface area (Å²) in [6, 6.07) is 0. The molecular weight excluding hydrogens is 356 g/mol. The summed E-state index contributed by atoms with van der Waals surface area (Å²) in [6.07, 6.45) is 10.5. The Bertz CT molecular complexity index is 487. The molecule has 1 saturated carbocycles.